The second-order valence-electron chi connectivity index (χ2n) is 6.06. The number of carbonyl (C=O) groups is 1. The van der Waals surface area contributed by atoms with Gasteiger partial charge < -0.3 is 0 Å². The van der Waals surface area contributed by atoms with Crippen LogP contribution in [0.15, 0.2) is 48.5 Å². The summed E-state index contributed by atoms with van der Waals surface area (Å²) in [6.45, 7) is 3.74. The summed E-state index contributed by atoms with van der Waals surface area (Å²) in [7, 11) is 0. The molecule has 2 saturated heterocycles. The van der Waals surface area contributed by atoms with Crippen molar-refractivity contribution >= 4 is 23.3 Å². The van der Waals surface area contributed by atoms with Crippen LogP contribution in [0, 0.1) is 6.92 Å². The van der Waals surface area contributed by atoms with Crippen molar-refractivity contribution in [3.8, 4) is 0 Å². The highest BCUT2D eigenvalue weighted by atomic mass is 35.5. The zero-order valence-electron chi connectivity index (χ0n) is 12.9. The van der Waals surface area contributed by atoms with E-state index in [0.717, 1.165) is 30.8 Å². The maximum Gasteiger partial charge on any atom is 0.340 e. The van der Waals surface area contributed by atoms with E-state index in [1.54, 1.807) is 0 Å². The molecule has 23 heavy (non-hydrogen) atoms. The molecule has 2 aromatic carbocycles. The van der Waals surface area contributed by atoms with Crippen molar-refractivity contribution < 1.29 is 4.79 Å². The number of fused-ring (bicyclic) bond motifs is 1. The fourth-order valence-electron chi connectivity index (χ4n) is 3.39. The highest BCUT2D eigenvalue weighted by Gasteiger charge is 2.47. The zero-order valence-corrected chi connectivity index (χ0v) is 13.7. The van der Waals surface area contributed by atoms with E-state index in [2.05, 4.69) is 36.2 Å². The number of rotatable bonds is 2. The van der Waals surface area contributed by atoms with Crippen LogP contribution in [0.4, 0.5) is 10.5 Å². The average molecular weight is 328 g/mol. The summed E-state index contributed by atoms with van der Waals surface area (Å²) >= 11 is 6.14. The van der Waals surface area contributed by atoms with E-state index in [9.17, 15) is 4.79 Å². The molecule has 4 rings (SSSR count). The summed E-state index contributed by atoms with van der Waals surface area (Å²) in [4.78, 5) is 14.8. The van der Waals surface area contributed by atoms with Crippen molar-refractivity contribution in [1.29, 1.82) is 0 Å². The summed E-state index contributed by atoms with van der Waals surface area (Å²) in [5.41, 5.74) is 3.17. The van der Waals surface area contributed by atoms with Gasteiger partial charge in [-0.2, -0.15) is 5.01 Å². The van der Waals surface area contributed by atoms with Crippen LogP contribution in [0.1, 0.15) is 23.7 Å². The lowest BCUT2D eigenvalue weighted by Crippen LogP contribution is -2.32. The second kappa shape index (κ2) is 5.55. The molecule has 2 aliphatic heterocycles. The lowest BCUT2D eigenvalue weighted by atomic mass is 10.1. The number of aryl methyl sites for hydroxylation is 1. The molecule has 0 aliphatic carbocycles. The molecule has 2 fully saturated rings. The van der Waals surface area contributed by atoms with Gasteiger partial charge in [0.15, 0.2) is 0 Å². The summed E-state index contributed by atoms with van der Waals surface area (Å²) in [6, 6.07) is 15.9. The first-order valence-electron chi connectivity index (χ1n) is 7.84. The standard InChI is InChI=1S/C18H18ClN3O/c1-13-6-8-14(9-7-13)17-20-10-3-11-21(20)18(23)22(17)16-5-2-4-15(19)12-16/h2,4-9,12,17H,3,10-11H2,1H3/t17-/m0/s1. The Bertz CT molecular complexity index is 746. The molecular formula is C18H18ClN3O. The van der Waals surface area contributed by atoms with Gasteiger partial charge in [0.25, 0.3) is 0 Å². The molecule has 0 saturated carbocycles. The molecule has 0 radical (unpaired) electrons. The molecule has 0 N–H and O–H groups in total. The number of halogens is 1. The van der Waals surface area contributed by atoms with Gasteiger partial charge in [-0.3, -0.25) is 9.91 Å². The largest absolute Gasteiger partial charge is 0.340 e. The van der Waals surface area contributed by atoms with Gasteiger partial charge in [-0.1, -0.05) is 47.5 Å². The Hall–Kier alpha value is -2.04. The first-order valence-corrected chi connectivity index (χ1v) is 8.22. The van der Waals surface area contributed by atoms with E-state index in [4.69, 9.17) is 11.6 Å². The van der Waals surface area contributed by atoms with E-state index in [-0.39, 0.29) is 12.2 Å². The Morgan fingerprint density at radius 3 is 2.61 bits per heavy atom. The molecule has 0 aromatic heterocycles. The third-order valence-electron chi connectivity index (χ3n) is 4.48. The number of carbonyl (C=O) groups excluding carboxylic acids is 1. The van der Waals surface area contributed by atoms with Gasteiger partial charge in [-0.15, -0.1) is 0 Å². The van der Waals surface area contributed by atoms with Gasteiger partial charge in [-0.25, -0.2) is 4.79 Å². The average Bonchev–Trinajstić information content (AvgIpc) is 3.11. The molecule has 2 aliphatic rings. The second-order valence-corrected chi connectivity index (χ2v) is 6.49. The van der Waals surface area contributed by atoms with Crippen LogP contribution in [0.2, 0.25) is 5.02 Å². The number of amides is 2. The number of hydrazine groups is 1. The molecule has 0 bridgehead atoms. The van der Waals surface area contributed by atoms with Gasteiger partial charge in [0, 0.05) is 23.8 Å². The monoisotopic (exact) mass is 327 g/mol. The van der Waals surface area contributed by atoms with Crippen molar-refractivity contribution in [2.75, 3.05) is 18.0 Å². The van der Waals surface area contributed by atoms with Crippen LogP contribution in [0.5, 0.6) is 0 Å². The molecule has 0 unspecified atom stereocenters. The van der Waals surface area contributed by atoms with Crippen LogP contribution < -0.4 is 4.90 Å². The fourth-order valence-corrected chi connectivity index (χ4v) is 3.58. The molecule has 2 aromatic rings. The Morgan fingerprint density at radius 1 is 1.09 bits per heavy atom. The van der Waals surface area contributed by atoms with E-state index >= 15 is 0 Å². The first kappa shape index (κ1) is 14.5. The van der Waals surface area contributed by atoms with Crippen molar-refractivity contribution in [2.45, 2.75) is 19.5 Å². The maximum atomic E-state index is 12.9. The van der Waals surface area contributed by atoms with Crippen molar-refractivity contribution in [2.24, 2.45) is 0 Å². The van der Waals surface area contributed by atoms with Crippen molar-refractivity contribution in [3.63, 3.8) is 0 Å². The summed E-state index contributed by atoms with van der Waals surface area (Å²) < 4.78 is 0. The van der Waals surface area contributed by atoms with Crippen LogP contribution >= 0.6 is 11.6 Å². The van der Waals surface area contributed by atoms with Crippen LogP contribution in [0.3, 0.4) is 0 Å². The third-order valence-corrected chi connectivity index (χ3v) is 4.72. The van der Waals surface area contributed by atoms with E-state index < -0.39 is 0 Å². The van der Waals surface area contributed by atoms with Crippen LogP contribution in [-0.4, -0.2) is 29.1 Å². The molecule has 5 heteroatoms. The molecule has 2 amide bonds. The Labute approximate surface area is 140 Å². The fraction of sp³-hybridized carbons (Fsp3) is 0.278. The van der Waals surface area contributed by atoms with Gasteiger partial charge in [0.2, 0.25) is 0 Å². The van der Waals surface area contributed by atoms with Crippen LogP contribution in [-0.2, 0) is 0 Å². The maximum absolute atomic E-state index is 12.9. The number of nitrogens with zero attached hydrogens (tertiary/aromatic N) is 3. The quantitative estimate of drug-likeness (QED) is 0.826. The first-order chi connectivity index (χ1) is 11.1. The molecule has 4 nitrogen and oxygen atoms in total. The summed E-state index contributed by atoms with van der Waals surface area (Å²) in [5.74, 6) is 0. The number of hydrogen-bond acceptors (Lipinski definition) is 2. The summed E-state index contributed by atoms with van der Waals surface area (Å²) in [5, 5.41) is 4.65. The van der Waals surface area contributed by atoms with E-state index in [1.165, 1.54) is 5.56 Å². The predicted octanol–water partition coefficient (Wildman–Crippen LogP) is 4.21. The minimum absolute atomic E-state index is 0.0235. The number of hydrogen-bond donors (Lipinski definition) is 0. The lowest BCUT2D eigenvalue weighted by Gasteiger charge is -2.28. The minimum Gasteiger partial charge on any atom is -0.271 e. The molecule has 2 heterocycles. The van der Waals surface area contributed by atoms with Gasteiger partial charge in [0.1, 0.15) is 6.17 Å². The van der Waals surface area contributed by atoms with Gasteiger partial charge >= 0.3 is 6.03 Å². The third kappa shape index (κ3) is 2.38. The number of benzene rings is 2. The Morgan fingerprint density at radius 2 is 1.87 bits per heavy atom. The Balaban J connectivity index is 1.81. The highest BCUT2D eigenvalue weighted by molar-refractivity contribution is 6.30. The van der Waals surface area contributed by atoms with E-state index in [0.29, 0.717) is 5.02 Å². The molecular weight excluding hydrogens is 310 g/mol. The molecule has 0 spiro atoms. The normalized spacial score (nSPS) is 21.1. The van der Waals surface area contributed by atoms with E-state index in [1.807, 2.05) is 34.2 Å². The lowest BCUT2D eigenvalue weighted by molar-refractivity contribution is 0.0728. The zero-order chi connectivity index (χ0) is 16.0. The SMILES string of the molecule is Cc1ccc([C@@H]2N(c3cccc(Cl)c3)C(=O)N3CCCN23)cc1. The van der Waals surface area contributed by atoms with Gasteiger partial charge in [0.05, 0.1) is 0 Å². The summed E-state index contributed by atoms with van der Waals surface area (Å²) in [6.07, 6.45) is 0.904. The smallest absolute Gasteiger partial charge is 0.271 e. The Kier molecular flexibility index (Phi) is 3.51. The highest BCUT2D eigenvalue weighted by Crippen LogP contribution is 2.40. The number of anilines is 1. The predicted molar refractivity (Wildman–Crippen MR) is 91.3 cm³/mol. The minimum atomic E-state index is -0.107. The van der Waals surface area contributed by atoms with Crippen molar-refractivity contribution in [3.05, 3.63) is 64.7 Å². The van der Waals surface area contributed by atoms with Gasteiger partial charge in [-0.05, 0) is 37.1 Å². The number of urea groups is 1. The van der Waals surface area contributed by atoms with Crippen LogP contribution in [0.25, 0.3) is 0 Å². The molecule has 118 valence electrons. The topological polar surface area (TPSA) is 26.8 Å². The molecule has 1 atom stereocenters. The van der Waals surface area contributed by atoms with Crippen molar-refractivity contribution in [1.82, 2.24) is 10.0 Å².